The molecule has 0 aromatic heterocycles. The summed E-state index contributed by atoms with van der Waals surface area (Å²) in [4.78, 5) is 0. The van der Waals surface area contributed by atoms with Crippen molar-refractivity contribution < 1.29 is 4.74 Å². The van der Waals surface area contributed by atoms with E-state index in [-0.39, 0.29) is 0 Å². The third-order valence-electron chi connectivity index (χ3n) is 3.20. The lowest BCUT2D eigenvalue weighted by atomic mass is 10.0. The van der Waals surface area contributed by atoms with Crippen LogP contribution in [0.2, 0.25) is 0 Å². The molecule has 0 aromatic carbocycles. The molecule has 1 spiro atoms. The predicted octanol–water partition coefficient (Wildman–Crippen LogP) is 1.29. The van der Waals surface area contributed by atoms with Crippen molar-refractivity contribution in [2.24, 2.45) is 17.3 Å². The summed E-state index contributed by atoms with van der Waals surface area (Å²) in [6.45, 7) is 6.73. The molecule has 1 aliphatic heterocycles. The van der Waals surface area contributed by atoms with Crippen molar-refractivity contribution in [3.8, 4) is 0 Å². The molecule has 2 unspecified atom stereocenters. The Balaban J connectivity index is 2.09. The SMILES string of the molecule is CC1C(C)C12COC2. The lowest BCUT2D eigenvalue weighted by Crippen LogP contribution is -2.32. The van der Waals surface area contributed by atoms with Crippen LogP contribution >= 0.6 is 0 Å². The lowest BCUT2D eigenvalue weighted by Gasteiger charge is -2.27. The largest absolute Gasteiger partial charge is 0.380 e. The monoisotopic (exact) mass is 112 g/mol. The molecule has 2 rings (SSSR count). The third kappa shape index (κ3) is 0.304. The summed E-state index contributed by atoms with van der Waals surface area (Å²) in [6.07, 6.45) is 0. The summed E-state index contributed by atoms with van der Waals surface area (Å²) >= 11 is 0. The minimum absolute atomic E-state index is 0.667. The Labute approximate surface area is 50.0 Å². The number of ether oxygens (including phenoxy) is 1. The van der Waals surface area contributed by atoms with Gasteiger partial charge in [-0.25, -0.2) is 0 Å². The van der Waals surface area contributed by atoms with Gasteiger partial charge in [0.05, 0.1) is 13.2 Å². The van der Waals surface area contributed by atoms with Crippen LogP contribution in [-0.2, 0) is 4.74 Å². The first kappa shape index (κ1) is 4.80. The standard InChI is InChI=1S/C7H12O/c1-5-6(2)7(5)3-8-4-7/h5-6H,3-4H2,1-2H3. The average molecular weight is 112 g/mol. The van der Waals surface area contributed by atoms with Crippen LogP contribution in [0.15, 0.2) is 0 Å². The zero-order chi connectivity index (χ0) is 5.78. The normalized spacial score (nSPS) is 48.8. The van der Waals surface area contributed by atoms with Crippen LogP contribution in [0.3, 0.4) is 0 Å². The van der Waals surface area contributed by atoms with Crippen LogP contribution in [0.1, 0.15) is 13.8 Å². The number of rotatable bonds is 0. The Kier molecular flexibility index (Phi) is 0.663. The molecule has 1 saturated heterocycles. The van der Waals surface area contributed by atoms with Crippen molar-refractivity contribution in [1.29, 1.82) is 0 Å². The summed E-state index contributed by atoms with van der Waals surface area (Å²) in [5.41, 5.74) is 0.667. The van der Waals surface area contributed by atoms with Gasteiger partial charge in [0.2, 0.25) is 0 Å². The van der Waals surface area contributed by atoms with Crippen LogP contribution in [0, 0.1) is 17.3 Å². The molecule has 2 aliphatic rings. The van der Waals surface area contributed by atoms with E-state index in [1.54, 1.807) is 0 Å². The number of hydrogen-bond acceptors (Lipinski definition) is 1. The van der Waals surface area contributed by atoms with Crippen molar-refractivity contribution in [2.45, 2.75) is 13.8 Å². The van der Waals surface area contributed by atoms with E-state index in [0.717, 1.165) is 25.0 Å². The molecule has 0 bridgehead atoms. The smallest absolute Gasteiger partial charge is 0.0550 e. The molecular weight excluding hydrogens is 100 g/mol. The zero-order valence-corrected chi connectivity index (χ0v) is 5.48. The van der Waals surface area contributed by atoms with Gasteiger partial charge in [-0.05, 0) is 11.8 Å². The van der Waals surface area contributed by atoms with Gasteiger partial charge in [0.15, 0.2) is 0 Å². The minimum Gasteiger partial charge on any atom is -0.380 e. The van der Waals surface area contributed by atoms with E-state index in [1.807, 2.05) is 0 Å². The second kappa shape index (κ2) is 1.10. The molecule has 1 heterocycles. The van der Waals surface area contributed by atoms with Crippen molar-refractivity contribution >= 4 is 0 Å². The van der Waals surface area contributed by atoms with Crippen LogP contribution in [-0.4, -0.2) is 13.2 Å². The third-order valence-corrected chi connectivity index (χ3v) is 3.20. The Morgan fingerprint density at radius 2 is 1.75 bits per heavy atom. The maximum atomic E-state index is 5.14. The van der Waals surface area contributed by atoms with Gasteiger partial charge in [-0.3, -0.25) is 0 Å². The van der Waals surface area contributed by atoms with Crippen molar-refractivity contribution in [1.82, 2.24) is 0 Å². The van der Waals surface area contributed by atoms with E-state index >= 15 is 0 Å². The molecule has 1 aliphatic carbocycles. The molecule has 0 aromatic rings. The first-order valence-corrected chi connectivity index (χ1v) is 3.35. The second-order valence-electron chi connectivity index (χ2n) is 3.30. The Morgan fingerprint density at radius 1 is 1.25 bits per heavy atom. The van der Waals surface area contributed by atoms with E-state index in [9.17, 15) is 0 Å². The first-order valence-electron chi connectivity index (χ1n) is 3.35. The molecule has 1 heteroatoms. The fourth-order valence-corrected chi connectivity index (χ4v) is 1.81. The fraction of sp³-hybridized carbons (Fsp3) is 1.00. The van der Waals surface area contributed by atoms with E-state index < -0.39 is 0 Å². The van der Waals surface area contributed by atoms with E-state index in [1.165, 1.54) is 0 Å². The van der Waals surface area contributed by atoms with Gasteiger partial charge in [0, 0.05) is 5.41 Å². The van der Waals surface area contributed by atoms with Gasteiger partial charge in [0.1, 0.15) is 0 Å². The molecule has 8 heavy (non-hydrogen) atoms. The first-order chi connectivity index (χ1) is 3.77. The van der Waals surface area contributed by atoms with Crippen molar-refractivity contribution in [3.63, 3.8) is 0 Å². The summed E-state index contributed by atoms with van der Waals surface area (Å²) < 4.78 is 5.14. The van der Waals surface area contributed by atoms with Crippen LogP contribution < -0.4 is 0 Å². The highest BCUT2D eigenvalue weighted by molar-refractivity contribution is 5.09. The molecule has 0 radical (unpaired) electrons. The highest BCUT2D eigenvalue weighted by atomic mass is 16.5. The van der Waals surface area contributed by atoms with Gasteiger partial charge >= 0.3 is 0 Å². The molecule has 0 N–H and O–H groups in total. The molecule has 0 amide bonds. The fourth-order valence-electron chi connectivity index (χ4n) is 1.81. The quantitative estimate of drug-likeness (QED) is 0.459. The van der Waals surface area contributed by atoms with Crippen LogP contribution in [0.5, 0.6) is 0 Å². The summed E-state index contributed by atoms with van der Waals surface area (Å²) in [5, 5.41) is 0. The minimum atomic E-state index is 0.667. The van der Waals surface area contributed by atoms with Gasteiger partial charge in [0.25, 0.3) is 0 Å². The zero-order valence-electron chi connectivity index (χ0n) is 5.48. The van der Waals surface area contributed by atoms with Crippen LogP contribution in [0.25, 0.3) is 0 Å². The molecular formula is C7H12O. The van der Waals surface area contributed by atoms with Crippen molar-refractivity contribution in [3.05, 3.63) is 0 Å². The molecule has 1 nitrogen and oxygen atoms in total. The molecule has 2 fully saturated rings. The van der Waals surface area contributed by atoms with Gasteiger partial charge in [-0.1, -0.05) is 13.8 Å². The summed E-state index contributed by atoms with van der Waals surface area (Å²) in [6, 6.07) is 0. The summed E-state index contributed by atoms with van der Waals surface area (Å²) in [7, 11) is 0. The molecule has 46 valence electrons. The topological polar surface area (TPSA) is 9.23 Å². The van der Waals surface area contributed by atoms with Gasteiger partial charge in [-0.2, -0.15) is 0 Å². The van der Waals surface area contributed by atoms with Crippen LogP contribution in [0.4, 0.5) is 0 Å². The Morgan fingerprint density at radius 3 is 1.75 bits per heavy atom. The van der Waals surface area contributed by atoms with Gasteiger partial charge in [-0.15, -0.1) is 0 Å². The van der Waals surface area contributed by atoms with E-state index in [2.05, 4.69) is 13.8 Å². The predicted molar refractivity (Wildman–Crippen MR) is 31.6 cm³/mol. The highest BCUT2D eigenvalue weighted by Crippen LogP contribution is 2.62. The number of hydrogen-bond donors (Lipinski definition) is 0. The Hall–Kier alpha value is -0.0400. The maximum absolute atomic E-state index is 5.14. The van der Waals surface area contributed by atoms with E-state index in [0.29, 0.717) is 5.41 Å². The summed E-state index contributed by atoms with van der Waals surface area (Å²) in [5.74, 6) is 1.88. The van der Waals surface area contributed by atoms with Crippen molar-refractivity contribution in [2.75, 3.05) is 13.2 Å². The average Bonchev–Trinajstić information content (AvgIpc) is 2.10. The molecule has 1 saturated carbocycles. The highest BCUT2D eigenvalue weighted by Gasteiger charge is 2.63. The van der Waals surface area contributed by atoms with E-state index in [4.69, 9.17) is 4.74 Å². The molecule has 2 atom stereocenters. The van der Waals surface area contributed by atoms with Gasteiger partial charge < -0.3 is 4.74 Å². The maximum Gasteiger partial charge on any atom is 0.0550 e. The Bertz CT molecular complexity index is 106. The second-order valence-corrected chi connectivity index (χ2v) is 3.30. The lowest BCUT2D eigenvalue weighted by molar-refractivity contribution is -0.0639.